The average molecular weight is 217 g/mol. The van der Waals surface area contributed by atoms with Crippen LogP contribution >= 0.6 is 0 Å². The second kappa shape index (κ2) is 4.90. The van der Waals surface area contributed by atoms with Gasteiger partial charge in [0.2, 0.25) is 0 Å². The minimum absolute atomic E-state index is 0.161. The van der Waals surface area contributed by atoms with Crippen LogP contribution in [0.5, 0.6) is 0 Å². The quantitative estimate of drug-likeness (QED) is 0.781. The van der Waals surface area contributed by atoms with Crippen LogP contribution in [0.25, 0.3) is 10.9 Å². The van der Waals surface area contributed by atoms with Crippen molar-refractivity contribution in [1.82, 2.24) is 9.55 Å². The molecule has 1 heterocycles. The summed E-state index contributed by atoms with van der Waals surface area (Å²) in [4.78, 5) is 15.4. The molecule has 0 unspecified atom stereocenters. The highest BCUT2D eigenvalue weighted by Gasteiger charge is 2.01. The zero-order valence-corrected chi connectivity index (χ0v) is 9.10. The molecule has 0 fully saturated rings. The van der Waals surface area contributed by atoms with E-state index in [1.807, 2.05) is 28.8 Å². The van der Waals surface area contributed by atoms with Crippen molar-refractivity contribution >= 4 is 10.9 Å². The third-order valence-corrected chi connectivity index (χ3v) is 2.61. The fourth-order valence-corrected chi connectivity index (χ4v) is 1.76. The standard InChI is InChI=1S/C12H15N3O/c13-7-3-4-8-15-9-14-12(16)10-5-1-2-6-11(10)15/h1-2,5-6,9H,3-4,7-8,13H2. The zero-order chi connectivity index (χ0) is 11.4. The highest BCUT2D eigenvalue weighted by molar-refractivity contribution is 5.77. The molecule has 1 aromatic heterocycles. The van der Waals surface area contributed by atoms with E-state index in [2.05, 4.69) is 4.98 Å². The Morgan fingerprint density at radius 3 is 2.88 bits per heavy atom. The normalized spacial score (nSPS) is 10.8. The van der Waals surface area contributed by atoms with Crippen molar-refractivity contribution in [3.8, 4) is 0 Å². The van der Waals surface area contributed by atoms with Crippen molar-refractivity contribution in [3.05, 3.63) is 40.9 Å². The van der Waals surface area contributed by atoms with E-state index in [-0.39, 0.29) is 5.56 Å². The number of para-hydroxylation sites is 1. The van der Waals surface area contributed by atoms with Crippen molar-refractivity contribution in [2.24, 2.45) is 5.73 Å². The summed E-state index contributed by atoms with van der Waals surface area (Å²) in [6.07, 6.45) is 3.60. The molecule has 1 aromatic carbocycles. The molecule has 0 aliphatic rings. The van der Waals surface area contributed by atoms with Crippen LogP contribution in [0.2, 0.25) is 0 Å². The molecule has 0 radical (unpaired) electrons. The second-order valence-corrected chi connectivity index (χ2v) is 3.76. The van der Waals surface area contributed by atoms with E-state index in [0.29, 0.717) is 11.9 Å². The Labute approximate surface area is 93.7 Å². The second-order valence-electron chi connectivity index (χ2n) is 3.76. The van der Waals surface area contributed by atoms with E-state index >= 15 is 0 Å². The van der Waals surface area contributed by atoms with E-state index in [4.69, 9.17) is 5.73 Å². The van der Waals surface area contributed by atoms with E-state index in [1.165, 1.54) is 0 Å². The van der Waals surface area contributed by atoms with Crippen molar-refractivity contribution in [3.63, 3.8) is 0 Å². The van der Waals surface area contributed by atoms with Gasteiger partial charge in [-0.1, -0.05) is 12.1 Å². The Kier molecular flexibility index (Phi) is 3.31. The van der Waals surface area contributed by atoms with Crippen LogP contribution in [-0.2, 0) is 6.54 Å². The van der Waals surface area contributed by atoms with Crippen LogP contribution in [0.4, 0.5) is 0 Å². The van der Waals surface area contributed by atoms with Crippen LogP contribution in [0.3, 0.4) is 0 Å². The third kappa shape index (κ3) is 2.12. The molecule has 0 saturated heterocycles. The Bertz CT molecular complexity index is 533. The molecule has 0 amide bonds. The summed E-state index contributed by atoms with van der Waals surface area (Å²) in [6, 6.07) is 7.54. The van der Waals surface area contributed by atoms with Crippen LogP contribution in [0.1, 0.15) is 12.8 Å². The van der Waals surface area contributed by atoms with E-state index in [0.717, 1.165) is 24.9 Å². The lowest BCUT2D eigenvalue weighted by atomic mass is 10.2. The fraction of sp³-hybridized carbons (Fsp3) is 0.333. The molecule has 2 N–H and O–H groups in total. The van der Waals surface area contributed by atoms with Gasteiger partial charge in [0.1, 0.15) is 0 Å². The highest BCUT2D eigenvalue weighted by Crippen LogP contribution is 2.09. The molecule has 2 rings (SSSR count). The van der Waals surface area contributed by atoms with Gasteiger partial charge in [-0.2, -0.15) is 4.98 Å². The number of aryl methyl sites for hydroxylation is 1. The number of nitrogens with two attached hydrogens (primary N) is 1. The molecule has 16 heavy (non-hydrogen) atoms. The summed E-state index contributed by atoms with van der Waals surface area (Å²) >= 11 is 0. The Hall–Kier alpha value is -1.68. The van der Waals surface area contributed by atoms with Gasteiger partial charge in [0.15, 0.2) is 0 Å². The molecular weight excluding hydrogens is 202 g/mol. The molecule has 84 valence electrons. The largest absolute Gasteiger partial charge is 0.332 e. The molecule has 4 nitrogen and oxygen atoms in total. The predicted octanol–water partition coefficient (Wildman–Crippen LogP) is 1.14. The maximum absolute atomic E-state index is 11.5. The van der Waals surface area contributed by atoms with Gasteiger partial charge < -0.3 is 10.3 Å². The van der Waals surface area contributed by atoms with Gasteiger partial charge in [0, 0.05) is 6.54 Å². The molecular formula is C12H15N3O. The molecule has 0 saturated carbocycles. The first kappa shape index (κ1) is 10.8. The van der Waals surface area contributed by atoms with Gasteiger partial charge in [0.05, 0.1) is 17.2 Å². The van der Waals surface area contributed by atoms with Crippen molar-refractivity contribution in [2.75, 3.05) is 6.54 Å². The maximum atomic E-state index is 11.5. The smallest absolute Gasteiger partial charge is 0.280 e. The SMILES string of the molecule is NCCCCn1cnc(=O)c2ccccc21. The topological polar surface area (TPSA) is 60.9 Å². The van der Waals surface area contributed by atoms with Crippen molar-refractivity contribution < 1.29 is 0 Å². The summed E-state index contributed by atoms with van der Waals surface area (Å²) in [6.45, 7) is 1.55. The maximum Gasteiger partial charge on any atom is 0.280 e. The molecule has 4 heteroatoms. The van der Waals surface area contributed by atoms with Crippen LogP contribution in [0.15, 0.2) is 35.4 Å². The van der Waals surface area contributed by atoms with Gasteiger partial charge in [0.25, 0.3) is 5.56 Å². The average Bonchev–Trinajstić information content (AvgIpc) is 2.33. The predicted molar refractivity (Wildman–Crippen MR) is 64.3 cm³/mol. The third-order valence-electron chi connectivity index (χ3n) is 2.61. The van der Waals surface area contributed by atoms with Gasteiger partial charge in [-0.05, 0) is 31.5 Å². The molecule has 2 aromatic rings. The van der Waals surface area contributed by atoms with Crippen LogP contribution < -0.4 is 11.3 Å². The first-order valence-corrected chi connectivity index (χ1v) is 5.47. The molecule has 0 bridgehead atoms. The first-order valence-electron chi connectivity index (χ1n) is 5.47. The van der Waals surface area contributed by atoms with Gasteiger partial charge >= 0.3 is 0 Å². The lowest BCUT2D eigenvalue weighted by molar-refractivity contribution is 0.619. The van der Waals surface area contributed by atoms with E-state index in [1.54, 1.807) is 6.33 Å². The van der Waals surface area contributed by atoms with Crippen LogP contribution in [0, 0.1) is 0 Å². The number of hydrogen-bond donors (Lipinski definition) is 1. The lowest BCUT2D eigenvalue weighted by Gasteiger charge is -2.08. The molecule has 0 atom stereocenters. The summed E-state index contributed by atoms with van der Waals surface area (Å²) < 4.78 is 2.01. The highest BCUT2D eigenvalue weighted by atomic mass is 16.1. The Balaban J connectivity index is 2.38. The van der Waals surface area contributed by atoms with E-state index < -0.39 is 0 Å². The number of aromatic nitrogens is 2. The summed E-state index contributed by atoms with van der Waals surface area (Å²) in [7, 11) is 0. The Morgan fingerprint density at radius 1 is 1.25 bits per heavy atom. The summed E-state index contributed by atoms with van der Waals surface area (Å²) in [5.41, 5.74) is 6.24. The molecule has 0 aliphatic heterocycles. The van der Waals surface area contributed by atoms with Crippen molar-refractivity contribution in [1.29, 1.82) is 0 Å². The fourth-order valence-electron chi connectivity index (χ4n) is 1.76. The van der Waals surface area contributed by atoms with E-state index in [9.17, 15) is 4.79 Å². The molecule has 0 spiro atoms. The summed E-state index contributed by atoms with van der Waals surface area (Å²) in [5, 5.41) is 0.678. The monoisotopic (exact) mass is 217 g/mol. The number of hydrogen-bond acceptors (Lipinski definition) is 3. The number of rotatable bonds is 4. The van der Waals surface area contributed by atoms with Gasteiger partial charge in [-0.25, -0.2) is 0 Å². The molecule has 0 aliphatic carbocycles. The van der Waals surface area contributed by atoms with Crippen LogP contribution in [-0.4, -0.2) is 16.1 Å². The van der Waals surface area contributed by atoms with Crippen molar-refractivity contribution in [2.45, 2.75) is 19.4 Å². The lowest BCUT2D eigenvalue weighted by Crippen LogP contribution is -2.13. The minimum Gasteiger partial charge on any atom is -0.332 e. The van der Waals surface area contributed by atoms with Gasteiger partial charge in [-0.15, -0.1) is 0 Å². The number of fused-ring (bicyclic) bond motifs is 1. The van der Waals surface area contributed by atoms with Gasteiger partial charge in [-0.3, -0.25) is 4.79 Å². The minimum atomic E-state index is -0.161. The zero-order valence-electron chi connectivity index (χ0n) is 9.10. The number of nitrogens with zero attached hydrogens (tertiary/aromatic N) is 2. The Morgan fingerprint density at radius 2 is 2.06 bits per heavy atom. The number of benzene rings is 1. The summed E-state index contributed by atoms with van der Waals surface area (Å²) in [5.74, 6) is 0. The number of unbranched alkanes of at least 4 members (excludes halogenated alkanes) is 1. The first-order chi connectivity index (χ1) is 7.83.